The van der Waals surface area contributed by atoms with E-state index in [-0.39, 0.29) is 17.5 Å². The fourth-order valence-corrected chi connectivity index (χ4v) is 1.40. The summed E-state index contributed by atoms with van der Waals surface area (Å²) in [4.78, 5) is 11.4. The number of carbonyl (C=O) groups is 1. The second-order valence-corrected chi connectivity index (χ2v) is 4.22. The van der Waals surface area contributed by atoms with Gasteiger partial charge in [-0.3, -0.25) is 4.79 Å². The summed E-state index contributed by atoms with van der Waals surface area (Å²) in [5, 5.41) is 11.8. The number of rotatable bonds is 5. The summed E-state index contributed by atoms with van der Waals surface area (Å²) in [7, 11) is 0. The van der Waals surface area contributed by atoms with E-state index in [4.69, 9.17) is 11.6 Å². The average molecular weight is 272 g/mol. The Morgan fingerprint density at radius 3 is 2.94 bits per heavy atom. The largest absolute Gasteiger partial charge is 0.391 e. The lowest BCUT2D eigenvalue weighted by Gasteiger charge is -2.07. The first-order chi connectivity index (χ1) is 8.52. The highest BCUT2D eigenvalue weighted by atomic mass is 35.5. The topological polar surface area (TPSA) is 49.3 Å². The van der Waals surface area contributed by atoms with Gasteiger partial charge in [0.05, 0.1) is 11.1 Å². The molecule has 0 aromatic heterocycles. The van der Waals surface area contributed by atoms with Gasteiger partial charge in [-0.2, -0.15) is 0 Å². The molecule has 98 valence electrons. The zero-order valence-electron chi connectivity index (χ0n) is 9.99. The van der Waals surface area contributed by atoms with Crippen molar-refractivity contribution in [2.75, 3.05) is 6.54 Å². The van der Waals surface area contributed by atoms with Gasteiger partial charge in [-0.05, 0) is 30.2 Å². The van der Waals surface area contributed by atoms with Crippen molar-refractivity contribution < 1.29 is 14.3 Å². The first-order valence-electron chi connectivity index (χ1n) is 5.62. The Labute approximate surface area is 110 Å². The Hall–Kier alpha value is -1.39. The van der Waals surface area contributed by atoms with Gasteiger partial charge in [0, 0.05) is 12.6 Å². The summed E-state index contributed by atoms with van der Waals surface area (Å²) >= 11 is 5.61. The SMILES string of the molecule is CCC(O)CNC(=O)/C=C/c1ccc(F)c(Cl)c1. The fourth-order valence-electron chi connectivity index (χ4n) is 1.21. The van der Waals surface area contributed by atoms with Crippen LogP contribution in [0, 0.1) is 5.82 Å². The number of halogens is 2. The lowest BCUT2D eigenvalue weighted by atomic mass is 10.2. The molecule has 0 aliphatic carbocycles. The van der Waals surface area contributed by atoms with Crippen LogP contribution in [-0.2, 0) is 4.79 Å². The van der Waals surface area contributed by atoms with Crippen LogP contribution in [0.5, 0.6) is 0 Å². The van der Waals surface area contributed by atoms with Gasteiger partial charge >= 0.3 is 0 Å². The minimum atomic E-state index is -0.539. The maximum absolute atomic E-state index is 12.9. The van der Waals surface area contributed by atoms with Gasteiger partial charge in [0.2, 0.25) is 5.91 Å². The summed E-state index contributed by atoms with van der Waals surface area (Å²) in [5.41, 5.74) is 0.632. The molecule has 1 aromatic carbocycles. The second kappa shape index (κ2) is 7.13. The number of amides is 1. The number of hydrogen-bond donors (Lipinski definition) is 2. The number of aliphatic hydroxyl groups excluding tert-OH is 1. The van der Waals surface area contributed by atoms with E-state index in [0.29, 0.717) is 12.0 Å². The van der Waals surface area contributed by atoms with E-state index in [9.17, 15) is 14.3 Å². The van der Waals surface area contributed by atoms with Crippen LogP contribution in [0.15, 0.2) is 24.3 Å². The van der Waals surface area contributed by atoms with Gasteiger partial charge < -0.3 is 10.4 Å². The van der Waals surface area contributed by atoms with E-state index in [2.05, 4.69) is 5.32 Å². The number of carbonyl (C=O) groups excluding carboxylic acids is 1. The standard InChI is InChI=1S/C13H15ClFNO2/c1-2-10(17)8-16-13(18)6-4-9-3-5-12(15)11(14)7-9/h3-7,10,17H,2,8H2,1H3,(H,16,18)/b6-4+. The number of benzene rings is 1. The molecule has 0 radical (unpaired) electrons. The zero-order valence-corrected chi connectivity index (χ0v) is 10.7. The lowest BCUT2D eigenvalue weighted by Crippen LogP contribution is -2.30. The predicted molar refractivity (Wildman–Crippen MR) is 69.8 cm³/mol. The Bertz CT molecular complexity index is 449. The fraction of sp³-hybridized carbons (Fsp3) is 0.308. The maximum atomic E-state index is 12.9. The summed E-state index contributed by atoms with van der Waals surface area (Å²) in [6.45, 7) is 2.04. The highest BCUT2D eigenvalue weighted by molar-refractivity contribution is 6.30. The van der Waals surface area contributed by atoms with Crippen LogP contribution in [0.4, 0.5) is 4.39 Å². The summed E-state index contributed by atoms with van der Waals surface area (Å²) in [6, 6.07) is 4.19. The van der Waals surface area contributed by atoms with Crippen LogP contribution in [0.25, 0.3) is 6.08 Å². The summed E-state index contributed by atoms with van der Waals surface area (Å²) < 4.78 is 12.9. The van der Waals surface area contributed by atoms with E-state index in [1.165, 1.54) is 30.4 Å². The molecule has 0 saturated carbocycles. The van der Waals surface area contributed by atoms with Gasteiger partial charge in [-0.1, -0.05) is 24.6 Å². The minimum absolute atomic E-state index is 0.0129. The molecule has 0 fully saturated rings. The molecular formula is C13H15ClFNO2. The van der Waals surface area contributed by atoms with E-state index < -0.39 is 11.9 Å². The average Bonchev–Trinajstić information content (AvgIpc) is 2.37. The molecule has 0 aliphatic heterocycles. The van der Waals surface area contributed by atoms with Gasteiger partial charge in [-0.15, -0.1) is 0 Å². The zero-order chi connectivity index (χ0) is 13.5. The molecule has 1 atom stereocenters. The molecule has 5 heteroatoms. The first kappa shape index (κ1) is 14.7. The van der Waals surface area contributed by atoms with Crippen LogP contribution < -0.4 is 5.32 Å². The van der Waals surface area contributed by atoms with Crippen LogP contribution in [-0.4, -0.2) is 23.7 Å². The summed E-state index contributed by atoms with van der Waals surface area (Å²) in [6.07, 6.45) is 2.88. The van der Waals surface area contributed by atoms with Gasteiger partial charge in [-0.25, -0.2) is 4.39 Å². The van der Waals surface area contributed by atoms with E-state index in [1.54, 1.807) is 0 Å². The Morgan fingerprint density at radius 2 is 2.33 bits per heavy atom. The third-order valence-electron chi connectivity index (χ3n) is 2.35. The molecule has 0 saturated heterocycles. The molecule has 1 amide bonds. The Kier molecular flexibility index (Phi) is 5.82. The molecule has 0 aliphatic rings. The lowest BCUT2D eigenvalue weighted by molar-refractivity contribution is -0.116. The van der Waals surface area contributed by atoms with Gasteiger partial charge in [0.1, 0.15) is 5.82 Å². The van der Waals surface area contributed by atoms with E-state index in [1.807, 2.05) is 6.92 Å². The molecular weight excluding hydrogens is 257 g/mol. The molecule has 3 nitrogen and oxygen atoms in total. The van der Waals surface area contributed by atoms with Crippen molar-refractivity contribution in [3.8, 4) is 0 Å². The van der Waals surface area contributed by atoms with Crippen LogP contribution >= 0.6 is 11.6 Å². The van der Waals surface area contributed by atoms with Crippen LogP contribution in [0.2, 0.25) is 5.02 Å². The van der Waals surface area contributed by atoms with Crippen molar-refractivity contribution in [2.45, 2.75) is 19.4 Å². The predicted octanol–water partition coefficient (Wildman–Crippen LogP) is 2.38. The normalized spacial score (nSPS) is 12.7. The van der Waals surface area contributed by atoms with Crippen molar-refractivity contribution in [3.05, 3.63) is 40.7 Å². The maximum Gasteiger partial charge on any atom is 0.244 e. The molecule has 1 aromatic rings. The first-order valence-corrected chi connectivity index (χ1v) is 5.99. The van der Waals surface area contributed by atoms with Crippen molar-refractivity contribution in [1.29, 1.82) is 0 Å². The summed E-state index contributed by atoms with van der Waals surface area (Å²) in [5.74, 6) is -0.813. The molecule has 2 N–H and O–H groups in total. The van der Waals surface area contributed by atoms with Gasteiger partial charge in [0.25, 0.3) is 0 Å². The van der Waals surface area contributed by atoms with E-state index in [0.717, 1.165) is 0 Å². The molecule has 0 spiro atoms. The van der Waals surface area contributed by atoms with Crippen molar-refractivity contribution >= 4 is 23.6 Å². The van der Waals surface area contributed by atoms with Crippen LogP contribution in [0.1, 0.15) is 18.9 Å². The minimum Gasteiger partial charge on any atom is -0.391 e. The molecule has 1 rings (SSSR count). The van der Waals surface area contributed by atoms with Crippen molar-refractivity contribution in [2.24, 2.45) is 0 Å². The van der Waals surface area contributed by atoms with Crippen molar-refractivity contribution in [1.82, 2.24) is 5.32 Å². The smallest absolute Gasteiger partial charge is 0.244 e. The third kappa shape index (κ3) is 4.85. The quantitative estimate of drug-likeness (QED) is 0.808. The Morgan fingerprint density at radius 1 is 1.61 bits per heavy atom. The molecule has 0 bridgehead atoms. The number of aliphatic hydroxyl groups is 1. The molecule has 18 heavy (non-hydrogen) atoms. The number of nitrogens with one attached hydrogen (secondary N) is 1. The van der Waals surface area contributed by atoms with Gasteiger partial charge in [0.15, 0.2) is 0 Å². The molecule has 0 heterocycles. The molecule has 1 unspecified atom stereocenters. The number of hydrogen-bond acceptors (Lipinski definition) is 2. The van der Waals surface area contributed by atoms with Crippen molar-refractivity contribution in [3.63, 3.8) is 0 Å². The highest BCUT2D eigenvalue weighted by Crippen LogP contribution is 2.16. The Balaban J connectivity index is 2.53. The second-order valence-electron chi connectivity index (χ2n) is 3.81. The third-order valence-corrected chi connectivity index (χ3v) is 2.64. The van der Waals surface area contributed by atoms with E-state index >= 15 is 0 Å². The highest BCUT2D eigenvalue weighted by Gasteiger charge is 2.02. The monoisotopic (exact) mass is 271 g/mol. The van der Waals surface area contributed by atoms with Crippen LogP contribution in [0.3, 0.4) is 0 Å².